The summed E-state index contributed by atoms with van der Waals surface area (Å²) in [7, 11) is 1.56. The van der Waals surface area contributed by atoms with Crippen LogP contribution in [0.3, 0.4) is 0 Å². The summed E-state index contributed by atoms with van der Waals surface area (Å²) in [5.74, 6) is 1.48. The number of benzene rings is 2. The van der Waals surface area contributed by atoms with Gasteiger partial charge in [-0.1, -0.05) is 11.2 Å². The number of ether oxygens (including phenoxy) is 1. The lowest BCUT2D eigenvalue weighted by Crippen LogP contribution is -2.22. The number of hydrogen-bond donors (Lipinski definition) is 3. The van der Waals surface area contributed by atoms with E-state index in [9.17, 15) is 9.90 Å². The number of hydrogen-bond acceptors (Lipinski definition) is 7. The van der Waals surface area contributed by atoms with Crippen LogP contribution in [0.2, 0.25) is 0 Å². The quantitative estimate of drug-likeness (QED) is 0.350. The highest BCUT2D eigenvalue weighted by atomic mass is 16.5. The maximum Gasteiger partial charge on any atom is 0.251 e. The molecule has 0 fully saturated rings. The summed E-state index contributed by atoms with van der Waals surface area (Å²) < 4.78 is 10.4. The largest absolute Gasteiger partial charge is 0.507 e. The minimum Gasteiger partial charge on any atom is -0.507 e. The van der Waals surface area contributed by atoms with Crippen molar-refractivity contribution >= 4 is 16.9 Å². The zero-order chi connectivity index (χ0) is 23.7. The first-order chi connectivity index (χ1) is 16.5. The van der Waals surface area contributed by atoms with Gasteiger partial charge in [0.1, 0.15) is 23.0 Å². The number of aromatic amines is 1. The summed E-state index contributed by atoms with van der Waals surface area (Å²) in [5.41, 5.74) is 4.60. The van der Waals surface area contributed by atoms with Gasteiger partial charge in [0.05, 0.1) is 30.3 Å². The van der Waals surface area contributed by atoms with Crippen molar-refractivity contribution in [3.63, 3.8) is 0 Å². The summed E-state index contributed by atoms with van der Waals surface area (Å²) >= 11 is 0. The van der Waals surface area contributed by atoms with Crippen LogP contribution in [-0.2, 0) is 6.54 Å². The van der Waals surface area contributed by atoms with Crippen molar-refractivity contribution < 1.29 is 19.2 Å². The number of pyridine rings is 1. The molecule has 170 valence electrons. The van der Waals surface area contributed by atoms with Gasteiger partial charge in [0.15, 0.2) is 0 Å². The number of carbonyl (C=O) groups excluding carboxylic acids is 1. The predicted octanol–water partition coefficient (Wildman–Crippen LogP) is 4.23. The van der Waals surface area contributed by atoms with Gasteiger partial charge in [-0.05, 0) is 55.0 Å². The first-order valence-corrected chi connectivity index (χ1v) is 10.5. The molecule has 34 heavy (non-hydrogen) atoms. The molecule has 3 N–H and O–H groups in total. The van der Waals surface area contributed by atoms with Gasteiger partial charge in [-0.2, -0.15) is 0 Å². The van der Waals surface area contributed by atoms with Crippen LogP contribution in [0.4, 0.5) is 0 Å². The second-order valence-corrected chi connectivity index (χ2v) is 7.72. The van der Waals surface area contributed by atoms with E-state index in [4.69, 9.17) is 9.26 Å². The molecule has 0 aliphatic heterocycles. The molecule has 5 rings (SSSR count). The summed E-state index contributed by atoms with van der Waals surface area (Å²) in [6, 6.07) is 15.9. The third kappa shape index (κ3) is 4.06. The molecular weight excluding hydrogens is 434 g/mol. The number of amides is 1. The van der Waals surface area contributed by atoms with E-state index in [1.165, 1.54) is 0 Å². The molecule has 9 heteroatoms. The van der Waals surface area contributed by atoms with Gasteiger partial charge in [0.2, 0.25) is 5.88 Å². The number of aryl methyl sites for hydroxylation is 1. The Morgan fingerprint density at radius 3 is 2.82 bits per heavy atom. The molecule has 0 unspecified atom stereocenters. The maximum atomic E-state index is 12.6. The Bertz CT molecular complexity index is 1500. The minimum absolute atomic E-state index is 0.0755. The Hall–Kier alpha value is -4.66. The maximum absolute atomic E-state index is 12.6. The molecule has 3 aromatic heterocycles. The van der Waals surface area contributed by atoms with Gasteiger partial charge in [-0.15, -0.1) is 0 Å². The average Bonchev–Trinajstić information content (AvgIpc) is 3.48. The van der Waals surface area contributed by atoms with E-state index >= 15 is 0 Å². The van der Waals surface area contributed by atoms with Crippen molar-refractivity contribution in [3.8, 4) is 34.1 Å². The monoisotopic (exact) mass is 455 g/mol. The van der Waals surface area contributed by atoms with Crippen molar-refractivity contribution in [2.24, 2.45) is 0 Å². The van der Waals surface area contributed by atoms with Crippen LogP contribution >= 0.6 is 0 Å². The van der Waals surface area contributed by atoms with Crippen LogP contribution in [0.25, 0.3) is 33.5 Å². The molecule has 0 bridgehead atoms. The number of methoxy groups -OCH3 is 1. The highest BCUT2D eigenvalue weighted by molar-refractivity contribution is 5.97. The molecule has 0 radical (unpaired) electrons. The van der Waals surface area contributed by atoms with Gasteiger partial charge in [0, 0.05) is 23.4 Å². The Morgan fingerprint density at radius 2 is 2.03 bits per heavy atom. The number of aromatic hydroxyl groups is 1. The number of nitrogens with one attached hydrogen (secondary N) is 2. The van der Waals surface area contributed by atoms with Gasteiger partial charge in [-0.25, -0.2) is 9.97 Å². The third-order valence-electron chi connectivity index (χ3n) is 5.38. The molecular formula is C25H21N5O4. The van der Waals surface area contributed by atoms with Crippen molar-refractivity contribution in [2.75, 3.05) is 7.11 Å². The summed E-state index contributed by atoms with van der Waals surface area (Å²) in [6.07, 6.45) is 1.66. The van der Waals surface area contributed by atoms with Gasteiger partial charge < -0.3 is 24.7 Å². The van der Waals surface area contributed by atoms with E-state index in [2.05, 4.69) is 25.4 Å². The number of aromatic nitrogens is 4. The van der Waals surface area contributed by atoms with Gasteiger partial charge in [0.25, 0.3) is 5.91 Å². The lowest BCUT2D eigenvalue weighted by atomic mass is 10.0. The fourth-order valence-electron chi connectivity index (χ4n) is 3.72. The molecule has 0 saturated heterocycles. The van der Waals surface area contributed by atoms with E-state index in [1.54, 1.807) is 56.6 Å². The molecule has 5 aromatic rings. The van der Waals surface area contributed by atoms with Crippen LogP contribution < -0.4 is 10.1 Å². The van der Waals surface area contributed by atoms with E-state index in [0.717, 1.165) is 11.1 Å². The number of nitrogens with zero attached hydrogens (tertiary/aromatic N) is 3. The molecule has 0 aliphatic carbocycles. The number of phenols is 1. The van der Waals surface area contributed by atoms with Crippen LogP contribution in [-0.4, -0.2) is 38.2 Å². The Morgan fingerprint density at radius 1 is 1.15 bits per heavy atom. The Balaban J connectivity index is 1.44. The topological polar surface area (TPSA) is 126 Å². The van der Waals surface area contributed by atoms with Crippen molar-refractivity contribution in [1.29, 1.82) is 0 Å². The summed E-state index contributed by atoms with van der Waals surface area (Å²) in [4.78, 5) is 24.6. The van der Waals surface area contributed by atoms with Gasteiger partial charge in [-0.3, -0.25) is 4.79 Å². The van der Waals surface area contributed by atoms with Crippen LogP contribution in [0.1, 0.15) is 21.8 Å². The normalized spacial score (nSPS) is 11.0. The highest BCUT2D eigenvalue weighted by Gasteiger charge is 2.15. The number of imidazole rings is 1. The smallest absolute Gasteiger partial charge is 0.251 e. The lowest BCUT2D eigenvalue weighted by molar-refractivity contribution is 0.0950. The van der Waals surface area contributed by atoms with Crippen LogP contribution in [0, 0.1) is 6.92 Å². The van der Waals surface area contributed by atoms with Crippen LogP contribution in [0.5, 0.6) is 11.6 Å². The SMILES string of the molecule is COc1ncccc1-c1ccc(O)c(-c2nc3ccc(C(=O)NCc4cc(C)on4)cc3[nH]2)c1. The molecule has 3 heterocycles. The van der Waals surface area contributed by atoms with E-state index in [-0.39, 0.29) is 18.2 Å². The van der Waals surface area contributed by atoms with Gasteiger partial charge >= 0.3 is 0 Å². The second-order valence-electron chi connectivity index (χ2n) is 7.72. The van der Waals surface area contributed by atoms with Crippen molar-refractivity contribution in [3.05, 3.63) is 77.8 Å². The molecule has 0 saturated carbocycles. The highest BCUT2D eigenvalue weighted by Crippen LogP contribution is 2.35. The fraction of sp³-hybridized carbons (Fsp3) is 0.120. The first kappa shape index (κ1) is 21.2. The standard InChI is InChI=1S/C25H21N5O4/c1-14-10-17(30-34-14)13-27-24(32)16-5-7-20-21(12-16)29-23(28-20)19-11-15(6-8-22(19)31)18-4-3-9-26-25(18)33-2/h3-12,31H,13H2,1-2H3,(H,27,32)(H,28,29). The number of phenolic OH excluding ortho intramolecular Hbond substituents is 1. The predicted molar refractivity (Wildman–Crippen MR) is 125 cm³/mol. The van der Waals surface area contributed by atoms with E-state index in [0.29, 0.717) is 45.3 Å². The first-order valence-electron chi connectivity index (χ1n) is 10.5. The van der Waals surface area contributed by atoms with E-state index < -0.39 is 0 Å². The number of H-pyrrole nitrogens is 1. The average molecular weight is 455 g/mol. The van der Waals surface area contributed by atoms with E-state index in [1.807, 2.05) is 18.2 Å². The zero-order valence-electron chi connectivity index (χ0n) is 18.5. The lowest BCUT2D eigenvalue weighted by Gasteiger charge is -2.09. The number of rotatable bonds is 6. The van der Waals surface area contributed by atoms with Crippen molar-refractivity contribution in [1.82, 2.24) is 25.4 Å². The molecule has 0 atom stereocenters. The summed E-state index contributed by atoms with van der Waals surface area (Å²) in [5, 5.41) is 17.2. The Labute approximate surface area is 194 Å². The number of carbonyl (C=O) groups is 1. The Kier molecular flexibility index (Phi) is 5.43. The minimum atomic E-state index is -0.243. The zero-order valence-corrected chi connectivity index (χ0v) is 18.5. The molecule has 1 amide bonds. The van der Waals surface area contributed by atoms with Crippen molar-refractivity contribution in [2.45, 2.75) is 13.5 Å². The summed E-state index contributed by atoms with van der Waals surface area (Å²) in [6.45, 7) is 2.06. The molecule has 2 aromatic carbocycles. The third-order valence-corrected chi connectivity index (χ3v) is 5.38. The van der Waals surface area contributed by atoms with Crippen LogP contribution in [0.15, 0.2) is 65.3 Å². The second kappa shape index (κ2) is 8.70. The fourth-order valence-corrected chi connectivity index (χ4v) is 3.72. The molecule has 0 spiro atoms. The number of fused-ring (bicyclic) bond motifs is 1. The molecule has 0 aliphatic rings. The molecule has 9 nitrogen and oxygen atoms in total.